The maximum absolute atomic E-state index is 15.0. The smallest absolute Gasteiger partial charge is 0.210 e. The van der Waals surface area contributed by atoms with Gasteiger partial charge < -0.3 is 4.90 Å². The van der Waals surface area contributed by atoms with Crippen molar-refractivity contribution < 1.29 is 18.0 Å². The zero-order valence-corrected chi connectivity index (χ0v) is 21.8. The van der Waals surface area contributed by atoms with Crippen LogP contribution in [0.4, 0.5) is 13.2 Å². The monoisotopic (exact) mass is 494 g/mol. The molecule has 0 radical (unpaired) electrons. The van der Waals surface area contributed by atoms with Gasteiger partial charge in [-0.15, -0.1) is 0 Å². The number of carbonyl (C=O) groups excluding carboxylic acids is 1. The Hall–Kier alpha value is -1.99. The molecule has 1 saturated heterocycles. The van der Waals surface area contributed by atoms with Crippen LogP contribution in [0.3, 0.4) is 0 Å². The quantitative estimate of drug-likeness (QED) is 0.357. The molecule has 2 fully saturated rings. The lowest BCUT2D eigenvalue weighted by atomic mass is 9.89. The molecule has 7 heteroatoms. The van der Waals surface area contributed by atoms with Crippen LogP contribution in [0.5, 0.6) is 0 Å². The van der Waals surface area contributed by atoms with Gasteiger partial charge in [0, 0.05) is 5.56 Å². The fourth-order valence-corrected chi connectivity index (χ4v) is 4.79. The molecule has 4 rings (SSSR count). The number of carbonyl (C=O) groups is 1. The van der Waals surface area contributed by atoms with Gasteiger partial charge in [0.25, 0.3) is 0 Å². The third-order valence-electron chi connectivity index (χ3n) is 6.29. The van der Waals surface area contributed by atoms with Crippen molar-refractivity contribution in [2.45, 2.75) is 71.6 Å². The molecule has 1 N–H and O–H groups in total. The summed E-state index contributed by atoms with van der Waals surface area (Å²) in [6.07, 6.45) is 5.87. The first kappa shape index (κ1) is 28.2. The van der Waals surface area contributed by atoms with Crippen molar-refractivity contribution >= 4 is 18.4 Å². The predicted molar refractivity (Wildman–Crippen MR) is 136 cm³/mol. The van der Waals surface area contributed by atoms with Crippen LogP contribution in [0.2, 0.25) is 0 Å². The Kier molecular flexibility index (Phi) is 10.5. The molecule has 3 atom stereocenters. The van der Waals surface area contributed by atoms with Crippen LogP contribution in [0.25, 0.3) is 11.1 Å². The standard InChI is InChI=1S/C21H23F3N2OS.C4H8.C2H6/c1-13-14(5-4-6-16(13)17-10-15(22)7-8-18(17)23)9-19-20(25-28-3)21(2,24)11-26(19)12-27;1-4-2-3-4;1-2/h4-8,10,12,19-20,25H,9,11H2,1-3H3;4H,2-3H2,1H3;1-2H3. The number of alkyl halides is 1. The number of hydrogen-bond donors (Lipinski definition) is 1. The summed E-state index contributed by atoms with van der Waals surface area (Å²) in [4.78, 5) is 13.0. The normalized spacial score (nSPS) is 23.5. The predicted octanol–water partition coefficient (Wildman–Crippen LogP) is 6.73. The van der Waals surface area contributed by atoms with Crippen LogP contribution in [0.15, 0.2) is 36.4 Å². The summed E-state index contributed by atoms with van der Waals surface area (Å²) in [7, 11) is 0. The van der Waals surface area contributed by atoms with Crippen molar-refractivity contribution in [1.29, 1.82) is 0 Å². The average Bonchev–Trinajstić information content (AvgIpc) is 3.56. The van der Waals surface area contributed by atoms with Crippen LogP contribution in [0.1, 0.15) is 51.7 Å². The molecule has 3 unspecified atom stereocenters. The van der Waals surface area contributed by atoms with E-state index in [1.165, 1.54) is 42.7 Å². The Morgan fingerprint density at radius 1 is 1.18 bits per heavy atom. The zero-order valence-electron chi connectivity index (χ0n) is 21.0. The van der Waals surface area contributed by atoms with Crippen molar-refractivity contribution in [2.75, 3.05) is 12.8 Å². The highest BCUT2D eigenvalue weighted by Gasteiger charge is 2.50. The first-order chi connectivity index (χ1) is 16.2. The fraction of sp³-hybridized carbons (Fsp3) is 0.519. The SMILES string of the molecule is CC.CC1CC1.CSNC1C(Cc2cccc(-c3cc(F)ccc3F)c2C)N(C=O)CC1(C)F. The molecule has 1 amide bonds. The first-order valence-electron chi connectivity index (χ1n) is 11.9. The minimum absolute atomic E-state index is 0.0106. The lowest BCUT2D eigenvalue weighted by Crippen LogP contribution is -2.47. The second-order valence-corrected chi connectivity index (χ2v) is 9.67. The lowest BCUT2D eigenvalue weighted by Gasteiger charge is -2.28. The van der Waals surface area contributed by atoms with E-state index in [1.54, 1.807) is 12.1 Å². The average molecular weight is 495 g/mol. The van der Waals surface area contributed by atoms with E-state index < -0.39 is 23.3 Å². The minimum atomic E-state index is -1.56. The maximum atomic E-state index is 15.0. The molecule has 0 bridgehead atoms. The zero-order chi connectivity index (χ0) is 25.5. The topological polar surface area (TPSA) is 32.3 Å². The van der Waals surface area contributed by atoms with Crippen LogP contribution in [-0.4, -0.2) is 41.9 Å². The molecule has 1 saturated carbocycles. The van der Waals surface area contributed by atoms with E-state index in [9.17, 15) is 13.6 Å². The third kappa shape index (κ3) is 7.01. The van der Waals surface area contributed by atoms with Gasteiger partial charge in [0.2, 0.25) is 6.41 Å². The number of nitrogens with zero attached hydrogens (tertiary/aromatic N) is 1. The van der Waals surface area contributed by atoms with Crippen molar-refractivity contribution in [2.24, 2.45) is 5.92 Å². The molecule has 2 aliphatic rings. The Bertz CT molecular complexity index is 949. The van der Waals surface area contributed by atoms with Gasteiger partial charge in [-0.25, -0.2) is 13.2 Å². The summed E-state index contributed by atoms with van der Waals surface area (Å²) in [5, 5.41) is 0. The van der Waals surface area contributed by atoms with Crippen molar-refractivity contribution in [3.8, 4) is 11.1 Å². The van der Waals surface area contributed by atoms with E-state index in [1.807, 2.05) is 33.1 Å². The summed E-state index contributed by atoms with van der Waals surface area (Å²) >= 11 is 1.31. The Labute approximate surface area is 206 Å². The number of benzene rings is 2. The summed E-state index contributed by atoms with van der Waals surface area (Å²) in [6, 6.07) is 7.82. The molecule has 2 aromatic rings. The largest absolute Gasteiger partial charge is 0.337 e. The maximum Gasteiger partial charge on any atom is 0.210 e. The van der Waals surface area contributed by atoms with Gasteiger partial charge >= 0.3 is 0 Å². The van der Waals surface area contributed by atoms with Crippen molar-refractivity contribution in [1.82, 2.24) is 9.62 Å². The number of likely N-dealkylation sites (tertiary alicyclic amines) is 1. The molecule has 2 aromatic carbocycles. The minimum Gasteiger partial charge on any atom is -0.337 e. The van der Waals surface area contributed by atoms with E-state index in [4.69, 9.17) is 0 Å². The lowest BCUT2D eigenvalue weighted by molar-refractivity contribution is -0.119. The van der Waals surface area contributed by atoms with Gasteiger partial charge in [0.05, 0.1) is 18.6 Å². The molecular formula is C27H37F3N2OS. The van der Waals surface area contributed by atoms with E-state index >= 15 is 4.39 Å². The van der Waals surface area contributed by atoms with E-state index in [0.29, 0.717) is 18.4 Å². The summed E-state index contributed by atoms with van der Waals surface area (Å²) in [6.45, 7) is 9.61. The van der Waals surface area contributed by atoms with Crippen LogP contribution in [-0.2, 0) is 11.2 Å². The molecule has 3 nitrogen and oxygen atoms in total. The van der Waals surface area contributed by atoms with Crippen LogP contribution in [0, 0.1) is 24.5 Å². The third-order valence-corrected chi connectivity index (χ3v) is 6.78. The van der Waals surface area contributed by atoms with Crippen LogP contribution < -0.4 is 4.72 Å². The van der Waals surface area contributed by atoms with Gasteiger partial charge in [0.1, 0.15) is 17.3 Å². The Balaban J connectivity index is 0.000000603. The highest BCUT2D eigenvalue weighted by Crippen LogP contribution is 2.35. The first-order valence-corrected chi connectivity index (χ1v) is 13.1. The van der Waals surface area contributed by atoms with Gasteiger partial charge in [-0.1, -0.05) is 63.8 Å². The summed E-state index contributed by atoms with van der Waals surface area (Å²) < 4.78 is 46.0. The summed E-state index contributed by atoms with van der Waals surface area (Å²) in [5.74, 6) is 0.0665. The highest BCUT2D eigenvalue weighted by atomic mass is 32.2. The number of rotatable bonds is 6. The number of hydrogen-bond acceptors (Lipinski definition) is 3. The summed E-state index contributed by atoms with van der Waals surface area (Å²) in [5.41, 5.74) is 0.862. The van der Waals surface area contributed by atoms with Gasteiger partial charge in [-0.05, 0) is 67.3 Å². The molecule has 34 heavy (non-hydrogen) atoms. The van der Waals surface area contributed by atoms with Crippen molar-refractivity contribution in [3.05, 3.63) is 59.2 Å². The highest BCUT2D eigenvalue weighted by molar-refractivity contribution is 7.96. The fourth-order valence-electron chi connectivity index (χ4n) is 4.14. The van der Waals surface area contributed by atoms with Gasteiger partial charge in [-0.3, -0.25) is 9.52 Å². The molecular weight excluding hydrogens is 457 g/mol. The van der Waals surface area contributed by atoms with Gasteiger partial charge in [0.15, 0.2) is 0 Å². The molecule has 1 aliphatic heterocycles. The molecule has 1 heterocycles. The molecule has 0 spiro atoms. The second kappa shape index (κ2) is 12.6. The van der Waals surface area contributed by atoms with E-state index in [0.717, 1.165) is 29.2 Å². The molecule has 188 valence electrons. The van der Waals surface area contributed by atoms with Gasteiger partial charge in [-0.2, -0.15) is 0 Å². The Morgan fingerprint density at radius 3 is 2.38 bits per heavy atom. The molecule has 0 aromatic heterocycles. The molecule has 1 aliphatic carbocycles. The number of amides is 1. The van der Waals surface area contributed by atoms with Crippen molar-refractivity contribution in [3.63, 3.8) is 0 Å². The second-order valence-electron chi connectivity index (χ2n) is 9.02. The Morgan fingerprint density at radius 2 is 1.82 bits per heavy atom. The van der Waals surface area contributed by atoms with Crippen LogP contribution >= 0.6 is 11.9 Å². The number of halogens is 3. The number of nitrogens with one attached hydrogen (secondary N) is 1. The van der Waals surface area contributed by atoms with E-state index in [-0.39, 0.29) is 18.2 Å². The van der Waals surface area contributed by atoms with E-state index in [2.05, 4.69) is 11.6 Å².